The summed E-state index contributed by atoms with van der Waals surface area (Å²) in [5, 5.41) is 5.06. The third-order valence-corrected chi connectivity index (χ3v) is 4.91. The molecule has 1 aromatic carbocycles. The number of nitrogens with one attached hydrogen (secondary N) is 1. The molecule has 1 N–H and O–H groups in total. The first kappa shape index (κ1) is 16.3. The van der Waals surface area contributed by atoms with Gasteiger partial charge in [0.15, 0.2) is 6.23 Å². The average Bonchev–Trinajstić information content (AvgIpc) is 2.58. The molecule has 5 heteroatoms. The highest BCUT2D eigenvalue weighted by molar-refractivity contribution is 5.75. The molecule has 1 aliphatic heterocycles. The molecule has 126 valence electrons. The van der Waals surface area contributed by atoms with E-state index in [2.05, 4.69) is 12.2 Å². The highest BCUT2D eigenvalue weighted by Crippen LogP contribution is 2.29. The van der Waals surface area contributed by atoms with Gasteiger partial charge in [0.25, 0.3) is 0 Å². The molecule has 0 radical (unpaired) electrons. The van der Waals surface area contributed by atoms with E-state index in [0.29, 0.717) is 12.6 Å². The normalized spacial score (nSPS) is 27.0. The van der Waals surface area contributed by atoms with E-state index in [0.717, 1.165) is 18.4 Å². The third-order valence-electron chi connectivity index (χ3n) is 4.91. The van der Waals surface area contributed by atoms with Crippen LogP contribution in [0.3, 0.4) is 0 Å². The molecule has 5 nitrogen and oxygen atoms in total. The van der Waals surface area contributed by atoms with Crippen LogP contribution in [-0.4, -0.2) is 41.7 Å². The Kier molecular flexibility index (Phi) is 5.18. The van der Waals surface area contributed by atoms with Crippen LogP contribution in [0, 0.1) is 0 Å². The van der Waals surface area contributed by atoms with Crippen LogP contribution >= 0.6 is 0 Å². The molecule has 0 spiro atoms. The van der Waals surface area contributed by atoms with Gasteiger partial charge in [-0.05, 0) is 19.8 Å². The van der Waals surface area contributed by atoms with Crippen LogP contribution in [0.1, 0.15) is 50.8 Å². The molecule has 1 aliphatic carbocycles. The lowest BCUT2D eigenvalue weighted by molar-refractivity contribution is -0.273. The fraction of sp³-hybridized carbons (Fsp3) is 0.611. The highest BCUT2D eigenvalue weighted by atomic mass is 16.7. The van der Waals surface area contributed by atoms with Gasteiger partial charge in [0.2, 0.25) is 0 Å². The first-order valence-electron chi connectivity index (χ1n) is 8.67. The zero-order valence-corrected chi connectivity index (χ0v) is 14.1. The van der Waals surface area contributed by atoms with Crippen molar-refractivity contribution in [3.63, 3.8) is 0 Å². The standard InChI is InChI=1S/C18H27N3O2/c1-14-13-21(18(22)19-16-11-7-4-8-12-16)17(23-20(14)2)15-9-5-3-6-10-15/h3,5-6,9-10,14,16-17H,4,7-8,11-13H2,1-2H3,(H,19,22)/t14-,17+/m0/s1. The summed E-state index contributed by atoms with van der Waals surface area (Å²) in [6.07, 6.45) is 5.53. The zero-order chi connectivity index (χ0) is 16.2. The Labute approximate surface area is 138 Å². The molecule has 0 bridgehead atoms. The van der Waals surface area contributed by atoms with Gasteiger partial charge in [0.1, 0.15) is 0 Å². The van der Waals surface area contributed by atoms with Crippen LogP contribution in [0.25, 0.3) is 0 Å². The van der Waals surface area contributed by atoms with Crippen LogP contribution in [0.5, 0.6) is 0 Å². The van der Waals surface area contributed by atoms with Crippen molar-refractivity contribution in [3.8, 4) is 0 Å². The Bertz CT molecular complexity index is 516. The summed E-state index contributed by atoms with van der Waals surface area (Å²) < 4.78 is 0. The second-order valence-electron chi connectivity index (χ2n) is 6.70. The lowest BCUT2D eigenvalue weighted by atomic mass is 9.96. The number of hydroxylamine groups is 2. The fourth-order valence-electron chi connectivity index (χ4n) is 3.37. The predicted molar refractivity (Wildman–Crippen MR) is 89.6 cm³/mol. The molecule has 2 amide bonds. The van der Waals surface area contributed by atoms with Crippen LogP contribution in [0.4, 0.5) is 4.79 Å². The van der Waals surface area contributed by atoms with Crippen molar-refractivity contribution in [2.45, 2.75) is 57.3 Å². The Morgan fingerprint density at radius 3 is 2.57 bits per heavy atom. The number of nitrogens with zero attached hydrogens (tertiary/aromatic N) is 2. The number of benzene rings is 1. The van der Waals surface area contributed by atoms with Gasteiger partial charge in [0, 0.05) is 25.2 Å². The summed E-state index contributed by atoms with van der Waals surface area (Å²) in [6.45, 7) is 2.73. The molecule has 2 fully saturated rings. The van der Waals surface area contributed by atoms with E-state index in [-0.39, 0.29) is 18.3 Å². The maximum absolute atomic E-state index is 12.8. The van der Waals surface area contributed by atoms with E-state index >= 15 is 0 Å². The molecule has 2 aliphatic rings. The van der Waals surface area contributed by atoms with Crippen molar-refractivity contribution in [1.29, 1.82) is 0 Å². The molecule has 1 aromatic rings. The van der Waals surface area contributed by atoms with Crippen molar-refractivity contribution in [2.75, 3.05) is 13.6 Å². The SMILES string of the molecule is C[C@H]1CN(C(=O)NC2CCCCC2)[C@@H](c2ccccc2)ON1C. The molecule has 1 saturated carbocycles. The third kappa shape index (κ3) is 3.85. The van der Waals surface area contributed by atoms with Gasteiger partial charge in [-0.3, -0.25) is 9.74 Å². The number of hydrogen-bond donors (Lipinski definition) is 1. The van der Waals surface area contributed by atoms with Crippen molar-refractivity contribution in [1.82, 2.24) is 15.3 Å². The number of hydrogen-bond acceptors (Lipinski definition) is 3. The maximum atomic E-state index is 12.8. The molecule has 23 heavy (non-hydrogen) atoms. The topological polar surface area (TPSA) is 44.8 Å². The second kappa shape index (κ2) is 7.32. The summed E-state index contributed by atoms with van der Waals surface area (Å²) in [7, 11) is 1.93. The van der Waals surface area contributed by atoms with E-state index in [9.17, 15) is 4.79 Å². The summed E-state index contributed by atoms with van der Waals surface area (Å²) >= 11 is 0. The first-order chi connectivity index (χ1) is 11.1. The van der Waals surface area contributed by atoms with E-state index in [4.69, 9.17) is 4.84 Å². The first-order valence-corrected chi connectivity index (χ1v) is 8.67. The molecule has 2 atom stereocenters. The van der Waals surface area contributed by atoms with Crippen molar-refractivity contribution < 1.29 is 9.63 Å². The van der Waals surface area contributed by atoms with E-state index in [1.54, 1.807) is 0 Å². The van der Waals surface area contributed by atoms with E-state index < -0.39 is 0 Å². The molecule has 0 unspecified atom stereocenters. The smallest absolute Gasteiger partial charge is 0.320 e. The van der Waals surface area contributed by atoms with Crippen molar-refractivity contribution in [3.05, 3.63) is 35.9 Å². The molecule has 3 rings (SSSR count). The Morgan fingerprint density at radius 2 is 1.87 bits per heavy atom. The number of urea groups is 1. The number of carbonyl (C=O) groups is 1. The van der Waals surface area contributed by atoms with Crippen LogP contribution < -0.4 is 5.32 Å². The fourth-order valence-corrected chi connectivity index (χ4v) is 3.37. The highest BCUT2D eigenvalue weighted by Gasteiger charge is 2.35. The Hall–Kier alpha value is -1.59. The van der Waals surface area contributed by atoms with Crippen LogP contribution in [-0.2, 0) is 4.84 Å². The van der Waals surface area contributed by atoms with E-state index in [1.165, 1.54) is 19.3 Å². The minimum absolute atomic E-state index is 0.00861. The Balaban J connectivity index is 1.74. The minimum Gasteiger partial charge on any atom is -0.335 e. The summed E-state index contributed by atoms with van der Waals surface area (Å²) in [6, 6.07) is 10.4. The van der Waals surface area contributed by atoms with Gasteiger partial charge in [-0.15, -0.1) is 0 Å². The predicted octanol–water partition coefficient (Wildman–Crippen LogP) is 3.30. The largest absolute Gasteiger partial charge is 0.335 e. The number of carbonyl (C=O) groups excluding carboxylic acids is 1. The molecular formula is C18H27N3O2. The monoisotopic (exact) mass is 317 g/mol. The van der Waals surface area contributed by atoms with Gasteiger partial charge >= 0.3 is 6.03 Å². The van der Waals surface area contributed by atoms with Crippen molar-refractivity contribution >= 4 is 6.03 Å². The molecular weight excluding hydrogens is 290 g/mol. The summed E-state index contributed by atoms with van der Waals surface area (Å²) in [5.74, 6) is 0. The Morgan fingerprint density at radius 1 is 1.17 bits per heavy atom. The number of likely N-dealkylation sites (N-methyl/N-ethyl adjacent to an activating group) is 1. The molecule has 1 saturated heterocycles. The van der Waals surface area contributed by atoms with Gasteiger partial charge in [-0.25, -0.2) is 4.79 Å². The molecule has 0 aromatic heterocycles. The summed E-state index contributed by atoms with van der Waals surface area (Å²) in [5.41, 5.74) is 1.00. The van der Waals surface area contributed by atoms with Gasteiger partial charge in [-0.1, -0.05) is 49.6 Å². The van der Waals surface area contributed by atoms with Gasteiger partial charge in [-0.2, -0.15) is 5.06 Å². The van der Waals surface area contributed by atoms with Crippen LogP contribution in [0.2, 0.25) is 0 Å². The second-order valence-corrected chi connectivity index (χ2v) is 6.70. The lowest BCUT2D eigenvalue weighted by Gasteiger charge is -2.43. The average molecular weight is 317 g/mol. The van der Waals surface area contributed by atoms with Gasteiger partial charge < -0.3 is 5.32 Å². The van der Waals surface area contributed by atoms with Crippen LogP contribution in [0.15, 0.2) is 30.3 Å². The maximum Gasteiger partial charge on any atom is 0.320 e. The molecule has 1 heterocycles. The van der Waals surface area contributed by atoms with Gasteiger partial charge in [0.05, 0.1) is 6.04 Å². The van der Waals surface area contributed by atoms with Crippen molar-refractivity contribution in [2.24, 2.45) is 0 Å². The number of amides is 2. The quantitative estimate of drug-likeness (QED) is 0.910. The lowest BCUT2D eigenvalue weighted by Crippen LogP contribution is -2.56. The zero-order valence-electron chi connectivity index (χ0n) is 14.1. The van der Waals surface area contributed by atoms with E-state index in [1.807, 2.05) is 47.3 Å². The summed E-state index contributed by atoms with van der Waals surface area (Å²) in [4.78, 5) is 20.7. The minimum atomic E-state index is -0.360. The number of rotatable bonds is 2.